The van der Waals surface area contributed by atoms with Gasteiger partial charge in [-0.3, -0.25) is 0 Å². The van der Waals surface area contributed by atoms with Crippen LogP contribution in [0, 0.1) is 5.41 Å². The van der Waals surface area contributed by atoms with Crippen molar-refractivity contribution in [2.45, 2.75) is 26.7 Å². The number of nitrogen functional groups attached to an aromatic ring is 1. The predicted octanol–water partition coefficient (Wildman–Crippen LogP) is 2.36. The predicted molar refractivity (Wildman–Crippen MR) is 68.3 cm³/mol. The van der Waals surface area contributed by atoms with Gasteiger partial charge in [0, 0.05) is 13.1 Å². The molecule has 0 amide bonds. The number of methoxy groups -OCH3 is 1. The summed E-state index contributed by atoms with van der Waals surface area (Å²) in [6.07, 6.45) is 2.40. The van der Waals surface area contributed by atoms with E-state index >= 15 is 0 Å². The van der Waals surface area contributed by atoms with Crippen LogP contribution >= 0.6 is 11.5 Å². The minimum absolute atomic E-state index is 0.458. The Kier molecular flexibility index (Phi) is 2.97. The van der Waals surface area contributed by atoms with Crippen molar-refractivity contribution in [2.75, 3.05) is 30.8 Å². The maximum absolute atomic E-state index is 5.76. The molecule has 0 atom stereocenters. The van der Waals surface area contributed by atoms with Crippen LogP contribution in [0.25, 0.3) is 0 Å². The number of rotatable bonds is 2. The van der Waals surface area contributed by atoms with Crippen LogP contribution in [0.1, 0.15) is 26.7 Å². The van der Waals surface area contributed by atoms with Crippen LogP contribution in [-0.4, -0.2) is 24.6 Å². The second-order valence-electron chi connectivity index (χ2n) is 5.06. The van der Waals surface area contributed by atoms with Gasteiger partial charge < -0.3 is 15.4 Å². The number of hydrogen-bond donors (Lipinski definition) is 1. The topological polar surface area (TPSA) is 51.4 Å². The molecular weight excluding hydrogens is 222 g/mol. The van der Waals surface area contributed by atoms with E-state index in [4.69, 9.17) is 10.5 Å². The third-order valence-electron chi connectivity index (χ3n) is 3.27. The molecule has 2 heterocycles. The molecule has 2 rings (SSSR count). The van der Waals surface area contributed by atoms with Crippen molar-refractivity contribution in [1.29, 1.82) is 0 Å². The molecule has 0 spiro atoms. The van der Waals surface area contributed by atoms with E-state index in [2.05, 4.69) is 23.1 Å². The van der Waals surface area contributed by atoms with E-state index in [0.29, 0.717) is 11.2 Å². The molecule has 1 aliphatic heterocycles. The van der Waals surface area contributed by atoms with Gasteiger partial charge in [-0.1, -0.05) is 13.8 Å². The normalized spacial score (nSPS) is 19.8. The Bertz CT molecular complexity index is 365. The number of anilines is 2. The van der Waals surface area contributed by atoms with Gasteiger partial charge in [-0.25, -0.2) is 0 Å². The molecule has 0 bridgehead atoms. The van der Waals surface area contributed by atoms with Gasteiger partial charge in [0.15, 0.2) is 16.6 Å². The van der Waals surface area contributed by atoms with Crippen molar-refractivity contribution < 1.29 is 4.74 Å². The fourth-order valence-corrected chi connectivity index (χ4v) is 2.83. The van der Waals surface area contributed by atoms with Gasteiger partial charge in [0.25, 0.3) is 0 Å². The molecule has 4 nitrogen and oxygen atoms in total. The maximum atomic E-state index is 5.76. The average Bonchev–Trinajstić information content (AvgIpc) is 2.59. The Morgan fingerprint density at radius 1 is 1.38 bits per heavy atom. The van der Waals surface area contributed by atoms with Crippen LogP contribution in [0.5, 0.6) is 5.75 Å². The summed E-state index contributed by atoms with van der Waals surface area (Å²) >= 11 is 1.43. The maximum Gasteiger partial charge on any atom is 0.197 e. The molecule has 1 aliphatic rings. The van der Waals surface area contributed by atoms with Crippen molar-refractivity contribution in [2.24, 2.45) is 5.41 Å². The van der Waals surface area contributed by atoms with E-state index in [0.717, 1.165) is 23.8 Å². The first-order valence-corrected chi connectivity index (χ1v) is 6.35. The molecule has 1 aromatic rings. The second kappa shape index (κ2) is 4.13. The number of ether oxygens (including phenoxy) is 1. The van der Waals surface area contributed by atoms with Crippen LogP contribution in [0.3, 0.4) is 0 Å². The Morgan fingerprint density at radius 2 is 2.00 bits per heavy atom. The number of nitrogens with zero attached hydrogens (tertiary/aromatic N) is 2. The molecule has 2 N–H and O–H groups in total. The molecule has 1 aromatic heterocycles. The monoisotopic (exact) mass is 241 g/mol. The van der Waals surface area contributed by atoms with E-state index < -0.39 is 0 Å². The second-order valence-corrected chi connectivity index (χ2v) is 5.81. The molecule has 5 heteroatoms. The lowest BCUT2D eigenvalue weighted by molar-refractivity contribution is 0.279. The Hall–Kier alpha value is -0.970. The van der Waals surface area contributed by atoms with Crippen LogP contribution in [0.4, 0.5) is 10.8 Å². The number of hydrogen-bond acceptors (Lipinski definition) is 5. The quantitative estimate of drug-likeness (QED) is 0.863. The van der Waals surface area contributed by atoms with Crippen molar-refractivity contribution in [3.05, 3.63) is 0 Å². The minimum atomic E-state index is 0.458. The van der Waals surface area contributed by atoms with Gasteiger partial charge in [-0.15, -0.1) is 0 Å². The third-order valence-corrected chi connectivity index (χ3v) is 4.17. The summed E-state index contributed by atoms with van der Waals surface area (Å²) in [5.74, 6) is 1.25. The highest BCUT2D eigenvalue weighted by atomic mass is 32.1. The number of nitrogens with two attached hydrogens (primary N) is 1. The molecule has 90 valence electrons. The lowest BCUT2D eigenvalue weighted by Gasteiger charge is -2.37. The lowest BCUT2D eigenvalue weighted by Crippen LogP contribution is -2.37. The Labute approximate surface area is 101 Å². The van der Waals surface area contributed by atoms with Gasteiger partial charge in [-0.05, 0) is 29.8 Å². The third kappa shape index (κ3) is 2.09. The Morgan fingerprint density at radius 3 is 2.56 bits per heavy atom. The summed E-state index contributed by atoms with van der Waals surface area (Å²) < 4.78 is 9.45. The summed E-state index contributed by atoms with van der Waals surface area (Å²) in [6.45, 7) is 6.77. The van der Waals surface area contributed by atoms with E-state index in [-0.39, 0.29) is 0 Å². The summed E-state index contributed by atoms with van der Waals surface area (Å²) in [6, 6.07) is 0. The number of piperidine rings is 1. The summed E-state index contributed by atoms with van der Waals surface area (Å²) in [5, 5.41) is 1.08. The first kappa shape index (κ1) is 11.5. The summed E-state index contributed by atoms with van der Waals surface area (Å²) in [5.41, 5.74) is 6.22. The highest BCUT2D eigenvalue weighted by molar-refractivity contribution is 7.11. The van der Waals surface area contributed by atoms with Crippen molar-refractivity contribution in [3.8, 4) is 5.75 Å². The van der Waals surface area contributed by atoms with Crippen molar-refractivity contribution in [3.63, 3.8) is 0 Å². The molecule has 1 fully saturated rings. The molecule has 0 aliphatic carbocycles. The van der Waals surface area contributed by atoms with Gasteiger partial charge in [-0.2, -0.15) is 4.37 Å². The zero-order chi connectivity index (χ0) is 11.8. The number of aromatic nitrogens is 1. The molecular formula is C11H19N3OS. The molecule has 0 saturated carbocycles. The van der Waals surface area contributed by atoms with E-state index in [1.807, 2.05) is 0 Å². The molecule has 16 heavy (non-hydrogen) atoms. The average molecular weight is 241 g/mol. The minimum Gasteiger partial charge on any atom is -0.490 e. The zero-order valence-electron chi connectivity index (χ0n) is 10.1. The van der Waals surface area contributed by atoms with E-state index in [9.17, 15) is 0 Å². The van der Waals surface area contributed by atoms with Crippen LogP contribution < -0.4 is 15.4 Å². The SMILES string of the molecule is COc1c(N)nsc1N1CCC(C)(C)CC1. The first-order valence-electron chi connectivity index (χ1n) is 5.57. The summed E-state index contributed by atoms with van der Waals surface area (Å²) in [4.78, 5) is 2.33. The van der Waals surface area contributed by atoms with Crippen LogP contribution in [0.2, 0.25) is 0 Å². The van der Waals surface area contributed by atoms with E-state index in [1.54, 1.807) is 7.11 Å². The van der Waals surface area contributed by atoms with Gasteiger partial charge in [0.1, 0.15) is 0 Å². The molecule has 0 unspecified atom stereocenters. The zero-order valence-corrected chi connectivity index (χ0v) is 10.9. The highest BCUT2D eigenvalue weighted by Gasteiger charge is 2.28. The van der Waals surface area contributed by atoms with Crippen molar-refractivity contribution in [1.82, 2.24) is 4.37 Å². The standard InChI is InChI=1S/C11H19N3OS/c1-11(2)4-6-14(7-5-11)10-8(15-3)9(12)13-16-10/h4-7H2,1-3H3,(H2,12,13). The van der Waals surface area contributed by atoms with Crippen LogP contribution in [0.15, 0.2) is 0 Å². The van der Waals surface area contributed by atoms with Gasteiger partial charge >= 0.3 is 0 Å². The Balaban J connectivity index is 2.14. The van der Waals surface area contributed by atoms with Gasteiger partial charge in [0.2, 0.25) is 0 Å². The smallest absolute Gasteiger partial charge is 0.197 e. The van der Waals surface area contributed by atoms with Crippen LogP contribution in [-0.2, 0) is 0 Å². The summed E-state index contributed by atoms with van der Waals surface area (Å²) in [7, 11) is 1.65. The van der Waals surface area contributed by atoms with Crippen molar-refractivity contribution >= 4 is 22.4 Å². The van der Waals surface area contributed by atoms with Gasteiger partial charge in [0.05, 0.1) is 7.11 Å². The molecule has 0 aromatic carbocycles. The molecule has 0 radical (unpaired) electrons. The largest absolute Gasteiger partial charge is 0.490 e. The fourth-order valence-electron chi connectivity index (χ4n) is 1.99. The lowest BCUT2D eigenvalue weighted by atomic mass is 9.83. The molecule has 1 saturated heterocycles. The highest BCUT2D eigenvalue weighted by Crippen LogP contribution is 2.41. The fraction of sp³-hybridized carbons (Fsp3) is 0.727. The van der Waals surface area contributed by atoms with E-state index in [1.165, 1.54) is 24.4 Å². The first-order chi connectivity index (χ1) is 7.53.